The number of carboxylic acids is 1. The molecule has 0 aliphatic heterocycles. The van der Waals surface area contributed by atoms with Gasteiger partial charge in [-0.05, 0) is 76.0 Å². The van der Waals surface area contributed by atoms with Crippen molar-refractivity contribution < 1.29 is 19.8 Å². The van der Waals surface area contributed by atoms with Crippen molar-refractivity contribution in [2.75, 3.05) is 0 Å². The average molecular weight is 360 g/mol. The van der Waals surface area contributed by atoms with E-state index in [9.17, 15) is 14.7 Å². The molecule has 1 aliphatic carbocycles. The predicted molar refractivity (Wildman–Crippen MR) is 102 cm³/mol. The van der Waals surface area contributed by atoms with E-state index < -0.39 is 11.6 Å². The second-order valence-corrected chi connectivity index (χ2v) is 7.88. The number of aryl methyl sites for hydroxylation is 1. The van der Waals surface area contributed by atoms with Gasteiger partial charge < -0.3 is 10.2 Å². The molecule has 0 heterocycles. The SMILES string of the molecule is CC(=O)C(CCCc1ccc(C(=O)O)cc1)CCCC1(O)CCCCC1. The lowest BCUT2D eigenvalue weighted by Gasteiger charge is -2.32. The van der Waals surface area contributed by atoms with Crippen LogP contribution in [0, 0.1) is 5.92 Å². The minimum absolute atomic E-state index is 0.0699. The minimum Gasteiger partial charge on any atom is -0.478 e. The fourth-order valence-electron chi connectivity index (χ4n) is 4.05. The molecule has 1 saturated carbocycles. The number of hydrogen-bond acceptors (Lipinski definition) is 3. The molecule has 26 heavy (non-hydrogen) atoms. The lowest BCUT2D eigenvalue weighted by Crippen LogP contribution is -2.31. The summed E-state index contributed by atoms with van der Waals surface area (Å²) >= 11 is 0. The molecule has 0 saturated heterocycles. The predicted octanol–water partition coefficient (Wildman–Crippen LogP) is 4.78. The topological polar surface area (TPSA) is 74.6 Å². The number of ketones is 1. The monoisotopic (exact) mass is 360 g/mol. The van der Waals surface area contributed by atoms with Crippen LogP contribution in [0.5, 0.6) is 0 Å². The van der Waals surface area contributed by atoms with Crippen LogP contribution in [-0.4, -0.2) is 27.6 Å². The van der Waals surface area contributed by atoms with Crippen LogP contribution in [-0.2, 0) is 11.2 Å². The molecule has 1 aromatic carbocycles. The van der Waals surface area contributed by atoms with Gasteiger partial charge in [0.1, 0.15) is 5.78 Å². The van der Waals surface area contributed by atoms with Crippen LogP contribution >= 0.6 is 0 Å². The van der Waals surface area contributed by atoms with Gasteiger partial charge in [0.05, 0.1) is 11.2 Å². The summed E-state index contributed by atoms with van der Waals surface area (Å²) in [6, 6.07) is 6.96. The number of carbonyl (C=O) groups is 2. The summed E-state index contributed by atoms with van der Waals surface area (Å²) in [5.41, 5.74) is 0.913. The molecule has 2 rings (SSSR count). The standard InChI is InChI=1S/C22H32O4/c1-17(23)19(9-6-16-22(26)14-3-2-4-15-22)8-5-7-18-10-12-20(13-11-18)21(24)25/h10-13,19,26H,2-9,14-16H2,1H3,(H,24,25). The highest BCUT2D eigenvalue weighted by Gasteiger charge is 2.28. The van der Waals surface area contributed by atoms with Gasteiger partial charge in [0.2, 0.25) is 0 Å². The normalized spacial score (nSPS) is 17.6. The summed E-state index contributed by atoms with van der Waals surface area (Å²) in [4.78, 5) is 22.8. The van der Waals surface area contributed by atoms with Crippen molar-refractivity contribution in [2.24, 2.45) is 5.92 Å². The van der Waals surface area contributed by atoms with E-state index >= 15 is 0 Å². The number of rotatable bonds is 10. The van der Waals surface area contributed by atoms with Crippen molar-refractivity contribution in [1.29, 1.82) is 0 Å². The summed E-state index contributed by atoms with van der Waals surface area (Å²) in [5, 5.41) is 19.5. The Balaban J connectivity index is 1.73. The van der Waals surface area contributed by atoms with Crippen LogP contribution in [0.1, 0.15) is 87.1 Å². The smallest absolute Gasteiger partial charge is 0.335 e. The maximum atomic E-state index is 11.9. The van der Waals surface area contributed by atoms with E-state index in [0.29, 0.717) is 5.56 Å². The highest BCUT2D eigenvalue weighted by atomic mass is 16.4. The summed E-state index contributed by atoms with van der Waals surface area (Å²) in [6.45, 7) is 1.67. The van der Waals surface area contributed by atoms with Gasteiger partial charge in [0.25, 0.3) is 0 Å². The van der Waals surface area contributed by atoms with Gasteiger partial charge in [-0.1, -0.05) is 31.4 Å². The summed E-state index contributed by atoms with van der Waals surface area (Å²) in [7, 11) is 0. The number of Topliss-reactive ketones (excluding diaryl/α,β-unsaturated/α-hetero) is 1. The maximum absolute atomic E-state index is 11.9. The first-order valence-electron chi connectivity index (χ1n) is 9.95. The third kappa shape index (κ3) is 6.56. The molecule has 4 heteroatoms. The lowest BCUT2D eigenvalue weighted by molar-refractivity contribution is -0.121. The highest BCUT2D eigenvalue weighted by molar-refractivity contribution is 5.87. The van der Waals surface area contributed by atoms with E-state index in [-0.39, 0.29) is 11.7 Å². The van der Waals surface area contributed by atoms with E-state index in [1.165, 1.54) is 6.42 Å². The molecule has 0 amide bonds. The first-order chi connectivity index (χ1) is 12.4. The molecule has 1 aliphatic rings. The first-order valence-corrected chi connectivity index (χ1v) is 9.95. The van der Waals surface area contributed by atoms with Crippen LogP contribution in [0.15, 0.2) is 24.3 Å². The van der Waals surface area contributed by atoms with Gasteiger partial charge in [-0.15, -0.1) is 0 Å². The van der Waals surface area contributed by atoms with Crippen LogP contribution in [0.3, 0.4) is 0 Å². The zero-order valence-corrected chi connectivity index (χ0v) is 15.9. The van der Waals surface area contributed by atoms with Gasteiger partial charge in [-0.3, -0.25) is 4.79 Å². The van der Waals surface area contributed by atoms with E-state index in [0.717, 1.165) is 69.8 Å². The Hall–Kier alpha value is -1.68. The number of benzene rings is 1. The summed E-state index contributed by atoms with van der Waals surface area (Å²) < 4.78 is 0. The minimum atomic E-state index is -0.909. The molecule has 0 aromatic heterocycles. The van der Waals surface area contributed by atoms with Crippen molar-refractivity contribution in [1.82, 2.24) is 0 Å². The van der Waals surface area contributed by atoms with Crippen molar-refractivity contribution in [3.63, 3.8) is 0 Å². The number of aromatic carboxylic acids is 1. The van der Waals surface area contributed by atoms with Crippen molar-refractivity contribution >= 4 is 11.8 Å². The van der Waals surface area contributed by atoms with Gasteiger partial charge in [-0.2, -0.15) is 0 Å². The Kier molecular flexibility index (Phi) is 7.83. The number of carboxylic acid groups (broad SMARTS) is 1. The van der Waals surface area contributed by atoms with Crippen LogP contribution < -0.4 is 0 Å². The zero-order valence-electron chi connectivity index (χ0n) is 15.9. The van der Waals surface area contributed by atoms with Gasteiger partial charge in [-0.25, -0.2) is 4.79 Å². The maximum Gasteiger partial charge on any atom is 0.335 e. The third-order valence-electron chi connectivity index (χ3n) is 5.77. The Morgan fingerprint density at radius 1 is 1.04 bits per heavy atom. The van der Waals surface area contributed by atoms with Crippen LogP contribution in [0.2, 0.25) is 0 Å². The number of carbonyl (C=O) groups excluding carboxylic acids is 1. The largest absolute Gasteiger partial charge is 0.478 e. The molecule has 1 aromatic rings. The third-order valence-corrected chi connectivity index (χ3v) is 5.77. The van der Waals surface area contributed by atoms with E-state index in [4.69, 9.17) is 5.11 Å². The van der Waals surface area contributed by atoms with Crippen LogP contribution in [0.4, 0.5) is 0 Å². The number of aliphatic hydroxyl groups is 1. The average Bonchev–Trinajstić information content (AvgIpc) is 2.61. The van der Waals surface area contributed by atoms with Crippen molar-refractivity contribution in [3.05, 3.63) is 35.4 Å². The summed E-state index contributed by atoms with van der Waals surface area (Å²) in [6.07, 6.45) is 10.5. The molecule has 2 N–H and O–H groups in total. The summed E-state index contributed by atoms with van der Waals surface area (Å²) in [5.74, 6) is -0.602. The molecule has 0 radical (unpaired) electrons. The molecular weight excluding hydrogens is 328 g/mol. The molecule has 0 bridgehead atoms. The second-order valence-electron chi connectivity index (χ2n) is 7.88. The second kappa shape index (κ2) is 9.86. The van der Waals surface area contributed by atoms with Gasteiger partial charge in [0, 0.05) is 5.92 Å². The van der Waals surface area contributed by atoms with Crippen molar-refractivity contribution in [2.45, 2.75) is 83.2 Å². The number of hydrogen-bond donors (Lipinski definition) is 2. The highest BCUT2D eigenvalue weighted by Crippen LogP contribution is 2.33. The molecular formula is C22H32O4. The Morgan fingerprint density at radius 2 is 1.65 bits per heavy atom. The van der Waals surface area contributed by atoms with E-state index in [1.54, 1.807) is 19.1 Å². The molecule has 0 spiro atoms. The van der Waals surface area contributed by atoms with Crippen molar-refractivity contribution in [3.8, 4) is 0 Å². The van der Waals surface area contributed by atoms with E-state index in [2.05, 4.69) is 0 Å². The van der Waals surface area contributed by atoms with Gasteiger partial charge >= 0.3 is 5.97 Å². The Labute approximate surface area is 156 Å². The molecule has 4 nitrogen and oxygen atoms in total. The van der Waals surface area contributed by atoms with E-state index in [1.807, 2.05) is 12.1 Å². The quantitative estimate of drug-likeness (QED) is 0.630. The Bertz CT molecular complexity index is 585. The molecule has 144 valence electrons. The first kappa shape index (κ1) is 20.6. The Morgan fingerprint density at radius 3 is 2.23 bits per heavy atom. The van der Waals surface area contributed by atoms with Gasteiger partial charge in [0.15, 0.2) is 0 Å². The fourth-order valence-corrected chi connectivity index (χ4v) is 4.05. The molecule has 1 atom stereocenters. The van der Waals surface area contributed by atoms with Crippen LogP contribution in [0.25, 0.3) is 0 Å². The fraction of sp³-hybridized carbons (Fsp3) is 0.636. The molecule has 1 unspecified atom stereocenters. The molecule has 1 fully saturated rings. The zero-order chi connectivity index (χ0) is 19.0. The lowest BCUT2D eigenvalue weighted by atomic mass is 9.80.